The summed E-state index contributed by atoms with van der Waals surface area (Å²) in [6.45, 7) is 2.41. The quantitative estimate of drug-likeness (QED) is 0.481. The number of allylic oxidation sites excluding steroid dienone is 1. The van der Waals surface area contributed by atoms with Crippen molar-refractivity contribution in [1.29, 1.82) is 0 Å². The Morgan fingerprint density at radius 3 is 2.73 bits per heavy atom. The van der Waals surface area contributed by atoms with Crippen LogP contribution in [0.1, 0.15) is 13.3 Å². The van der Waals surface area contributed by atoms with Gasteiger partial charge in [0.05, 0.1) is 19.5 Å². The molecule has 0 aliphatic carbocycles. The number of esters is 1. The van der Waals surface area contributed by atoms with Crippen LogP contribution in [0.25, 0.3) is 5.69 Å². The van der Waals surface area contributed by atoms with Gasteiger partial charge in [-0.25, -0.2) is 9.78 Å². The Bertz CT molecular complexity index is 615. The summed E-state index contributed by atoms with van der Waals surface area (Å²) < 4.78 is 12.5. The summed E-state index contributed by atoms with van der Waals surface area (Å²) in [6.07, 6.45) is 7.22. The normalized spacial score (nSPS) is 11.2. The van der Waals surface area contributed by atoms with Crippen LogP contribution in [-0.4, -0.2) is 28.7 Å². The molecule has 0 radical (unpaired) electrons. The number of hydrogen-bond acceptors (Lipinski definition) is 5. The number of hydrogen-bond donors (Lipinski definition) is 1. The highest BCUT2D eigenvalue weighted by Crippen LogP contribution is 2.15. The average Bonchev–Trinajstić information content (AvgIpc) is 3.01. The van der Waals surface area contributed by atoms with E-state index >= 15 is 0 Å². The van der Waals surface area contributed by atoms with Gasteiger partial charge in [0.2, 0.25) is 0 Å². The number of carbonyl (C=O) groups excluding carboxylic acids is 1. The van der Waals surface area contributed by atoms with E-state index in [1.165, 1.54) is 6.08 Å². The fraction of sp³-hybridized carbons (Fsp3) is 0.250. The first kappa shape index (κ1) is 15.6. The predicted octanol–water partition coefficient (Wildman–Crippen LogP) is 2.05. The average molecular weight is 301 g/mol. The Hall–Kier alpha value is -2.76. The fourth-order valence-electron chi connectivity index (χ4n) is 1.78. The van der Waals surface area contributed by atoms with Crippen LogP contribution in [0.3, 0.4) is 0 Å². The lowest BCUT2D eigenvalue weighted by Gasteiger charge is -2.08. The zero-order chi connectivity index (χ0) is 15.8. The van der Waals surface area contributed by atoms with Crippen molar-refractivity contribution in [3.63, 3.8) is 0 Å². The minimum absolute atomic E-state index is 0.301. The number of benzene rings is 1. The van der Waals surface area contributed by atoms with Gasteiger partial charge in [-0.2, -0.15) is 0 Å². The van der Waals surface area contributed by atoms with Crippen molar-refractivity contribution >= 4 is 5.97 Å². The molecule has 1 heterocycles. The van der Waals surface area contributed by atoms with Crippen molar-refractivity contribution in [1.82, 2.24) is 9.55 Å². The first-order valence-electron chi connectivity index (χ1n) is 6.97. The molecule has 1 aromatic heterocycles. The summed E-state index contributed by atoms with van der Waals surface area (Å²) in [5.41, 5.74) is 6.82. The molecule has 2 N–H and O–H groups in total. The molecular formula is C16H19N3O3. The zero-order valence-corrected chi connectivity index (χ0v) is 12.4. The number of aromatic nitrogens is 2. The molecule has 2 rings (SSSR count). The van der Waals surface area contributed by atoms with E-state index in [-0.39, 0.29) is 0 Å². The van der Waals surface area contributed by atoms with Gasteiger partial charge in [0.1, 0.15) is 5.75 Å². The summed E-state index contributed by atoms with van der Waals surface area (Å²) in [7, 11) is 0. The second-order valence-corrected chi connectivity index (χ2v) is 4.72. The van der Waals surface area contributed by atoms with E-state index in [2.05, 4.69) is 4.98 Å². The van der Waals surface area contributed by atoms with Crippen LogP contribution in [0, 0.1) is 0 Å². The second-order valence-electron chi connectivity index (χ2n) is 4.72. The van der Waals surface area contributed by atoms with Crippen LogP contribution in [0.2, 0.25) is 0 Å². The van der Waals surface area contributed by atoms with E-state index in [0.717, 1.165) is 11.4 Å². The van der Waals surface area contributed by atoms with Gasteiger partial charge in [0.25, 0.3) is 0 Å². The third-order valence-electron chi connectivity index (χ3n) is 2.79. The van der Waals surface area contributed by atoms with E-state index in [0.29, 0.717) is 25.3 Å². The lowest BCUT2D eigenvalue weighted by atomic mass is 10.3. The maximum Gasteiger partial charge on any atom is 0.332 e. The first-order valence-corrected chi connectivity index (χ1v) is 6.97. The molecular weight excluding hydrogens is 282 g/mol. The number of carbonyl (C=O) groups is 1. The SMILES string of the molecule is CC(N)=CC(=O)OCCCOc1ccc(-n2ccnc2)cc1. The molecule has 0 saturated heterocycles. The highest BCUT2D eigenvalue weighted by Gasteiger charge is 2.00. The molecule has 6 nitrogen and oxygen atoms in total. The third kappa shape index (κ3) is 4.97. The highest BCUT2D eigenvalue weighted by atomic mass is 16.5. The monoisotopic (exact) mass is 301 g/mol. The molecule has 0 bridgehead atoms. The van der Waals surface area contributed by atoms with Crippen molar-refractivity contribution in [2.75, 3.05) is 13.2 Å². The summed E-state index contributed by atoms with van der Waals surface area (Å²) in [5, 5.41) is 0. The van der Waals surface area contributed by atoms with Crippen LogP contribution in [0.15, 0.2) is 54.8 Å². The largest absolute Gasteiger partial charge is 0.493 e. The van der Waals surface area contributed by atoms with Gasteiger partial charge < -0.3 is 19.8 Å². The smallest absolute Gasteiger partial charge is 0.332 e. The molecule has 0 unspecified atom stereocenters. The number of imidazole rings is 1. The number of ether oxygens (including phenoxy) is 2. The summed E-state index contributed by atoms with van der Waals surface area (Å²) >= 11 is 0. The van der Waals surface area contributed by atoms with Gasteiger partial charge in [-0.1, -0.05) is 0 Å². The molecule has 1 aromatic carbocycles. The van der Waals surface area contributed by atoms with Gasteiger partial charge in [-0.3, -0.25) is 0 Å². The Morgan fingerprint density at radius 1 is 1.32 bits per heavy atom. The van der Waals surface area contributed by atoms with Gasteiger partial charge in [-0.05, 0) is 31.2 Å². The molecule has 0 aliphatic heterocycles. The minimum Gasteiger partial charge on any atom is -0.493 e. The standard InChI is InChI=1S/C16H19N3O3/c1-13(17)11-16(20)22-10-2-9-21-15-5-3-14(4-6-15)19-8-7-18-12-19/h3-8,11-12H,2,9-10,17H2,1H3. The molecule has 0 atom stereocenters. The second kappa shape index (κ2) is 7.87. The molecule has 0 fully saturated rings. The molecule has 0 saturated carbocycles. The van der Waals surface area contributed by atoms with Gasteiger partial charge in [0.15, 0.2) is 0 Å². The minimum atomic E-state index is -0.426. The first-order chi connectivity index (χ1) is 10.6. The number of rotatable bonds is 7. The van der Waals surface area contributed by atoms with Crippen molar-refractivity contribution in [2.24, 2.45) is 5.73 Å². The maximum absolute atomic E-state index is 11.2. The fourth-order valence-corrected chi connectivity index (χ4v) is 1.78. The Kier molecular flexibility index (Phi) is 5.59. The van der Waals surface area contributed by atoms with E-state index in [1.54, 1.807) is 19.4 Å². The molecule has 0 amide bonds. The number of nitrogens with two attached hydrogens (primary N) is 1. The highest BCUT2D eigenvalue weighted by molar-refractivity contribution is 5.82. The van der Waals surface area contributed by atoms with E-state index in [9.17, 15) is 4.79 Å². The Labute approximate surface area is 129 Å². The summed E-state index contributed by atoms with van der Waals surface area (Å²) in [4.78, 5) is 15.2. The predicted molar refractivity (Wildman–Crippen MR) is 82.6 cm³/mol. The van der Waals surface area contributed by atoms with Crippen LogP contribution < -0.4 is 10.5 Å². The lowest BCUT2D eigenvalue weighted by molar-refractivity contribution is -0.138. The maximum atomic E-state index is 11.2. The number of nitrogens with zero attached hydrogens (tertiary/aromatic N) is 2. The third-order valence-corrected chi connectivity index (χ3v) is 2.79. The molecule has 116 valence electrons. The molecule has 2 aromatic rings. The summed E-state index contributed by atoms with van der Waals surface area (Å²) in [5.74, 6) is 0.345. The van der Waals surface area contributed by atoms with Gasteiger partial charge in [-0.15, -0.1) is 0 Å². The van der Waals surface area contributed by atoms with Crippen molar-refractivity contribution in [3.8, 4) is 11.4 Å². The Balaban J connectivity index is 1.69. The van der Waals surface area contributed by atoms with Crippen LogP contribution in [-0.2, 0) is 9.53 Å². The van der Waals surface area contributed by atoms with Crippen LogP contribution in [0.4, 0.5) is 0 Å². The van der Waals surface area contributed by atoms with Gasteiger partial charge >= 0.3 is 5.97 Å². The van der Waals surface area contributed by atoms with E-state index in [1.807, 2.05) is 35.0 Å². The Morgan fingerprint density at radius 2 is 2.09 bits per heavy atom. The van der Waals surface area contributed by atoms with E-state index in [4.69, 9.17) is 15.2 Å². The van der Waals surface area contributed by atoms with Gasteiger partial charge in [0, 0.05) is 36.3 Å². The lowest BCUT2D eigenvalue weighted by Crippen LogP contribution is -2.08. The van der Waals surface area contributed by atoms with Crippen LogP contribution >= 0.6 is 0 Å². The summed E-state index contributed by atoms with van der Waals surface area (Å²) in [6, 6.07) is 7.68. The molecule has 6 heteroatoms. The van der Waals surface area contributed by atoms with Crippen LogP contribution in [0.5, 0.6) is 5.75 Å². The van der Waals surface area contributed by atoms with Crippen molar-refractivity contribution < 1.29 is 14.3 Å². The molecule has 22 heavy (non-hydrogen) atoms. The molecule has 0 aliphatic rings. The zero-order valence-electron chi connectivity index (χ0n) is 12.4. The van der Waals surface area contributed by atoms with Crippen molar-refractivity contribution in [2.45, 2.75) is 13.3 Å². The van der Waals surface area contributed by atoms with Crippen molar-refractivity contribution in [3.05, 3.63) is 54.8 Å². The molecule has 0 spiro atoms. The van der Waals surface area contributed by atoms with E-state index < -0.39 is 5.97 Å². The topological polar surface area (TPSA) is 79.4 Å².